The number of aromatic nitrogens is 2. The standard InChI is InChI=1S/C17H20Cl3N5/c1-10-9-25(6-5-21-10)17-22-8-15(20)16(24-17)23-11(2)13-4-3-12(18)7-14(13)19/h3-4,7-8,10-11,21H,5-6,9H2,1-2H3,(H,22,23,24)/t10-,11-/m1/s1. The maximum Gasteiger partial charge on any atom is 0.227 e. The minimum atomic E-state index is -0.0769. The molecule has 2 N–H and O–H groups in total. The van der Waals surface area contributed by atoms with Crippen molar-refractivity contribution in [3.63, 3.8) is 0 Å². The molecule has 0 amide bonds. The fourth-order valence-corrected chi connectivity index (χ4v) is 3.58. The summed E-state index contributed by atoms with van der Waals surface area (Å²) in [6.07, 6.45) is 1.63. The van der Waals surface area contributed by atoms with Gasteiger partial charge in [-0.2, -0.15) is 4.98 Å². The van der Waals surface area contributed by atoms with Gasteiger partial charge in [-0.05, 0) is 31.5 Å². The molecule has 0 saturated carbocycles. The van der Waals surface area contributed by atoms with E-state index >= 15 is 0 Å². The van der Waals surface area contributed by atoms with E-state index in [0.717, 1.165) is 25.2 Å². The number of rotatable bonds is 4. The molecule has 1 aromatic heterocycles. The molecule has 2 atom stereocenters. The highest BCUT2D eigenvalue weighted by molar-refractivity contribution is 6.35. The molecule has 134 valence electrons. The normalized spacial score (nSPS) is 18.9. The van der Waals surface area contributed by atoms with Gasteiger partial charge in [0.25, 0.3) is 0 Å². The number of halogens is 3. The lowest BCUT2D eigenvalue weighted by Gasteiger charge is -2.32. The van der Waals surface area contributed by atoms with Crippen LogP contribution in [-0.2, 0) is 0 Å². The fraction of sp³-hybridized carbons (Fsp3) is 0.412. The number of hydrogen-bond donors (Lipinski definition) is 2. The fourth-order valence-electron chi connectivity index (χ4n) is 2.86. The molecule has 0 bridgehead atoms. The van der Waals surface area contributed by atoms with Crippen molar-refractivity contribution in [2.45, 2.75) is 25.9 Å². The number of nitrogens with one attached hydrogen (secondary N) is 2. The molecule has 1 aromatic carbocycles. The topological polar surface area (TPSA) is 53.1 Å². The van der Waals surface area contributed by atoms with Crippen molar-refractivity contribution in [1.29, 1.82) is 0 Å². The molecule has 0 unspecified atom stereocenters. The zero-order chi connectivity index (χ0) is 18.0. The lowest BCUT2D eigenvalue weighted by atomic mass is 10.1. The molecule has 2 aromatic rings. The summed E-state index contributed by atoms with van der Waals surface area (Å²) in [5.41, 5.74) is 0.929. The second-order valence-corrected chi connectivity index (χ2v) is 7.45. The highest BCUT2D eigenvalue weighted by Crippen LogP contribution is 2.30. The van der Waals surface area contributed by atoms with E-state index in [1.807, 2.05) is 19.1 Å². The van der Waals surface area contributed by atoms with E-state index in [2.05, 4.69) is 32.4 Å². The lowest BCUT2D eigenvalue weighted by Crippen LogP contribution is -2.49. The Kier molecular flexibility index (Phi) is 5.89. The Hall–Kier alpha value is -1.27. The minimum Gasteiger partial charge on any atom is -0.362 e. The third-order valence-corrected chi connectivity index (χ3v) is 5.00. The van der Waals surface area contributed by atoms with Crippen LogP contribution in [0.5, 0.6) is 0 Å². The van der Waals surface area contributed by atoms with E-state index in [0.29, 0.717) is 32.9 Å². The predicted molar refractivity (Wildman–Crippen MR) is 105 cm³/mol. The van der Waals surface area contributed by atoms with Crippen molar-refractivity contribution in [3.8, 4) is 0 Å². The van der Waals surface area contributed by atoms with Gasteiger partial charge in [-0.25, -0.2) is 4.98 Å². The Bertz CT molecular complexity index is 755. The van der Waals surface area contributed by atoms with Crippen molar-refractivity contribution >= 4 is 46.6 Å². The Morgan fingerprint density at radius 1 is 1.28 bits per heavy atom. The molecule has 3 rings (SSSR count). The van der Waals surface area contributed by atoms with Crippen LogP contribution in [0.25, 0.3) is 0 Å². The molecular formula is C17H20Cl3N5. The zero-order valence-corrected chi connectivity index (χ0v) is 16.3. The quantitative estimate of drug-likeness (QED) is 0.796. The van der Waals surface area contributed by atoms with Gasteiger partial charge in [-0.1, -0.05) is 40.9 Å². The SMILES string of the molecule is C[C@@H]1CN(c2ncc(Cl)c(N[C@H](C)c3ccc(Cl)cc3Cl)n2)CCN1. The highest BCUT2D eigenvalue weighted by Gasteiger charge is 2.20. The number of hydrogen-bond acceptors (Lipinski definition) is 5. The third kappa shape index (κ3) is 4.47. The Balaban J connectivity index is 1.80. The third-order valence-electron chi connectivity index (χ3n) is 4.17. The van der Waals surface area contributed by atoms with Crippen LogP contribution in [0.1, 0.15) is 25.5 Å². The van der Waals surface area contributed by atoms with Gasteiger partial charge in [-0.3, -0.25) is 0 Å². The van der Waals surface area contributed by atoms with Crippen LogP contribution >= 0.6 is 34.8 Å². The molecule has 1 aliphatic rings. The van der Waals surface area contributed by atoms with E-state index in [-0.39, 0.29) is 6.04 Å². The van der Waals surface area contributed by atoms with E-state index < -0.39 is 0 Å². The largest absolute Gasteiger partial charge is 0.362 e. The molecule has 8 heteroatoms. The number of nitrogens with zero attached hydrogens (tertiary/aromatic N) is 3. The van der Waals surface area contributed by atoms with Crippen LogP contribution < -0.4 is 15.5 Å². The summed E-state index contributed by atoms with van der Waals surface area (Å²) in [7, 11) is 0. The van der Waals surface area contributed by atoms with E-state index in [1.165, 1.54) is 0 Å². The van der Waals surface area contributed by atoms with Crippen molar-refractivity contribution in [2.75, 3.05) is 29.9 Å². The molecule has 1 fully saturated rings. The van der Waals surface area contributed by atoms with Gasteiger partial charge in [0.1, 0.15) is 5.02 Å². The molecule has 0 spiro atoms. The Labute approximate surface area is 162 Å². The maximum absolute atomic E-state index is 6.29. The van der Waals surface area contributed by atoms with Gasteiger partial charge < -0.3 is 15.5 Å². The number of benzene rings is 1. The smallest absolute Gasteiger partial charge is 0.227 e. The summed E-state index contributed by atoms with van der Waals surface area (Å²) in [6, 6.07) is 5.77. The van der Waals surface area contributed by atoms with Crippen LogP contribution in [0.3, 0.4) is 0 Å². The van der Waals surface area contributed by atoms with E-state index in [4.69, 9.17) is 34.8 Å². The van der Waals surface area contributed by atoms with E-state index in [9.17, 15) is 0 Å². The summed E-state index contributed by atoms with van der Waals surface area (Å²) in [5.74, 6) is 1.27. The molecule has 1 aliphatic heterocycles. The second-order valence-electron chi connectivity index (χ2n) is 6.20. The lowest BCUT2D eigenvalue weighted by molar-refractivity contribution is 0.479. The van der Waals surface area contributed by atoms with Crippen LogP contribution in [-0.4, -0.2) is 35.6 Å². The highest BCUT2D eigenvalue weighted by atomic mass is 35.5. The molecule has 25 heavy (non-hydrogen) atoms. The monoisotopic (exact) mass is 399 g/mol. The van der Waals surface area contributed by atoms with Crippen molar-refractivity contribution in [3.05, 3.63) is 45.0 Å². The van der Waals surface area contributed by atoms with Crippen LogP contribution in [0.4, 0.5) is 11.8 Å². The van der Waals surface area contributed by atoms with Gasteiger partial charge in [-0.15, -0.1) is 0 Å². The number of piperazine rings is 1. The Morgan fingerprint density at radius 2 is 2.08 bits per heavy atom. The van der Waals surface area contributed by atoms with Gasteiger partial charge in [0.2, 0.25) is 5.95 Å². The first-order valence-corrected chi connectivity index (χ1v) is 9.30. The predicted octanol–water partition coefficient (Wildman–Crippen LogP) is 4.41. The average Bonchev–Trinajstić information content (AvgIpc) is 2.56. The van der Waals surface area contributed by atoms with Gasteiger partial charge >= 0.3 is 0 Å². The summed E-state index contributed by atoms with van der Waals surface area (Å²) in [5, 5.41) is 8.42. The summed E-state index contributed by atoms with van der Waals surface area (Å²) in [4.78, 5) is 11.2. The van der Waals surface area contributed by atoms with Crippen LogP contribution in [0, 0.1) is 0 Å². The van der Waals surface area contributed by atoms with Crippen LogP contribution in [0.15, 0.2) is 24.4 Å². The summed E-state index contributed by atoms with van der Waals surface area (Å²) >= 11 is 18.6. The zero-order valence-electron chi connectivity index (χ0n) is 14.1. The average molecular weight is 401 g/mol. The van der Waals surface area contributed by atoms with Crippen molar-refractivity contribution in [1.82, 2.24) is 15.3 Å². The molecule has 2 heterocycles. The first-order chi connectivity index (χ1) is 11.9. The van der Waals surface area contributed by atoms with Gasteiger partial charge in [0.15, 0.2) is 5.82 Å². The summed E-state index contributed by atoms with van der Waals surface area (Å²) in [6.45, 7) is 6.78. The second kappa shape index (κ2) is 7.96. The molecule has 1 saturated heterocycles. The van der Waals surface area contributed by atoms with Gasteiger partial charge in [0, 0.05) is 35.7 Å². The Morgan fingerprint density at radius 3 is 2.80 bits per heavy atom. The molecular weight excluding hydrogens is 381 g/mol. The number of anilines is 2. The first-order valence-electron chi connectivity index (χ1n) is 8.16. The first kappa shape index (κ1) is 18.5. The molecule has 0 radical (unpaired) electrons. The molecule has 0 aliphatic carbocycles. The minimum absolute atomic E-state index is 0.0769. The van der Waals surface area contributed by atoms with E-state index in [1.54, 1.807) is 12.3 Å². The maximum atomic E-state index is 6.29. The summed E-state index contributed by atoms with van der Waals surface area (Å²) < 4.78 is 0. The molecule has 5 nitrogen and oxygen atoms in total. The van der Waals surface area contributed by atoms with Gasteiger partial charge in [0.05, 0.1) is 12.2 Å². The van der Waals surface area contributed by atoms with Crippen molar-refractivity contribution < 1.29 is 0 Å². The van der Waals surface area contributed by atoms with Crippen LogP contribution in [0.2, 0.25) is 15.1 Å². The van der Waals surface area contributed by atoms with Crippen molar-refractivity contribution in [2.24, 2.45) is 0 Å².